The summed E-state index contributed by atoms with van der Waals surface area (Å²) in [5.74, 6) is 0.527. The third-order valence-corrected chi connectivity index (χ3v) is 4.56. The van der Waals surface area contributed by atoms with Crippen LogP contribution in [0.3, 0.4) is 0 Å². The van der Waals surface area contributed by atoms with Gasteiger partial charge in [-0.25, -0.2) is 0 Å². The number of hydrogen-bond donors (Lipinski definition) is 2. The molecule has 1 amide bonds. The van der Waals surface area contributed by atoms with E-state index in [9.17, 15) is 9.90 Å². The van der Waals surface area contributed by atoms with E-state index in [0.717, 1.165) is 29.2 Å². The average Bonchev–Trinajstić information content (AvgIpc) is 2.55. The van der Waals surface area contributed by atoms with Crippen LogP contribution < -0.4 is 5.32 Å². The van der Waals surface area contributed by atoms with Crippen molar-refractivity contribution in [2.45, 2.75) is 47.0 Å². The molecule has 0 fully saturated rings. The molecule has 2 rings (SSSR count). The smallest absolute Gasteiger partial charge is 0.222 e. The van der Waals surface area contributed by atoms with Gasteiger partial charge in [0.1, 0.15) is 5.75 Å². The van der Waals surface area contributed by atoms with E-state index in [-0.39, 0.29) is 17.2 Å². The maximum atomic E-state index is 12.1. The first-order chi connectivity index (χ1) is 11.3. The lowest BCUT2D eigenvalue weighted by Crippen LogP contribution is -2.38. The Hall–Kier alpha value is -2.03. The highest BCUT2D eigenvalue weighted by Gasteiger charge is 2.23. The van der Waals surface area contributed by atoms with E-state index in [1.165, 1.54) is 0 Å². The van der Waals surface area contributed by atoms with Gasteiger partial charge in [0.2, 0.25) is 5.91 Å². The van der Waals surface area contributed by atoms with Crippen LogP contribution in [0.4, 0.5) is 0 Å². The lowest BCUT2D eigenvalue weighted by Gasteiger charge is -2.26. The normalized spacial score (nSPS) is 13.0. The molecule has 2 aromatic carbocycles. The highest BCUT2D eigenvalue weighted by Crippen LogP contribution is 2.33. The van der Waals surface area contributed by atoms with E-state index in [4.69, 9.17) is 0 Å². The first kappa shape index (κ1) is 18.3. The van der Waals surface area contributed by atoms with Crippen LogP contribution in [0.5, 0.6) is 5.75 Å². The number of carbonyl (C=O) groups is 1. The van der Waals surface area contributed by atoms with Crippen LogP contribution >= 0.6 is 0 Å². The molecule has 0 heterocycles. The van der Waals surface area contributed by atoms with Crippen molar-refractivity contribution in [1.82, 2.24) is 5.32 Å². The van der Waals surface area contributed by atoms with Crippen molar-refractivity contribution >= 4 is 16.7 Å². The van der Waals surface area contributed by atoms with Gasteiger partial charge in [-0.05, 0) is 29.2 Å². The minimum absolute atomic E-state index is 0.0554. The molecule has 24 heavy (non-hydrogen) atoms. The first-order valence-corrected chi connectivity index (χ1v) is 8.81. The second-order valence-corrected chi connectivity index (χ2v) is 7.54. The van der Waals surface area contributed by atoms with E-state index in [2.05, 4.69) is 26.1 Å². The van der Waals surface area contributed by atoms with Crippen molar-refractivity contribution in [3.05, 3.63) is 42.0 Å². The molecular formula is C21H29NO2. The largest absolute Gasteiger partial charge is 0.507 e. The quantitative estimate of drug-likeness (QED) is 0.776. The lowest BCUT2D eigenvalue weighted by molar-refractivity contribution is -0.125. The van der Waals surface area contributed by atoms with Crippen LogP contribution in [0.25, 0.3) is 10.8 Å². The molecule has 0 aromatic heterocycles. The summed E-state index contributed by atoms with van der Waals surface area (Å²) in [6.07, 6.45) is 2.65. The second kappa shape index (κ2) is 7.69. The molecule has 0 aliphatic heterocycles. The Balaban J connectivity index is 2.06. The van der Waals surface area contributed by atoms with Crippen molar-refractivity contribution in [3.8, 4) is 5.75 Å². The fraction of sp³-hybridized carbons (Fsp3) is 0.476. The number of phenolic OH excluding ortho intramolecular Hbond substituents is 1. The molecule has 1 atom stereocenters. The van der Waals surface area contributed by atoms with Crippen LogP contribution in [0.15, 0.2) is 36.4 Å². The lowest BCUT2D eigenvalue weighted by atomic mass is 9.84. The van der Waals surface area contributed by atoms with Gasteiger partial charge in [0.05, 0.1) is 0 Å². The van der Waals surface area contributed by atoms with Crippen molar-refractivity contribution in [2.24, 2.45) is 11.3 Å². The molecule has 0 aliphatic carbocycles. The minimum atomic E-state index is -0.123. The predicted molar refractivity (Wildman–Crippen MR) is 100 cm³/mol. The maximum absolute atomic E-state index is 12.1. The van der Waals surface area contributed by atoms with Crippen LogP contribution in [-0.2, 0) is 11.2 Å². The third-order valence-electron chi connectivity index (χ3n) is 4.56. The maximum Gasteiger partial charge on any atom is 0.222 e. The zero-order valence-electron chi connectivity index (χ0n) is 15.2. The molecule has 0 spiro atoms. The Morgan fingerprint density at radius 2 is 1.92 bits per heavy atom. The molecule has 2 N–H and O–H groups in total. The number of nitrogens with one attached hydrogen (secondary N) is 1. The Labute approximate surface area is 145 Å². The zero-order chi connectivity index (χ0) is 17.7. The standard InChI is InChI=1S/C21H29NO2/c1-5-8-15(2)20(24)22-14-21(3,4)13-17-12-11-16-9-6-7-10-18(16)19(17)23/h6-7,9-12,15,23H,5,8,13-14H2,1-4H3,(H,22,24). The van der Waals surface area contributed by atoms with Gasteiger partial charge in [0, 0.05) is 17.8 Å². The Bertz CT molecular complexity index is 706. The summed E-state index contributed by atoms with van der Waals surface area (Å²) in [5, 5.41) is 15.5. The first-order valence-electron chi connectivity index (χ1n) is 8.81. The Kier molecular flexibility index (Phi) is 5.87. The molecule has 2 aromatic rings. The van der Waals surface area contributed by atoms with Crippen molar-refractivity contribution in [1.29, 1.82) is 0 Å². The van der Waals surface area contributed by atoms with E-state index < -0.39 is 0 Å². The number of benzene rings is 2. The minimum Gasteiger partial charge on any atom is -0.507 e. The topological polar surface area (TPSA) is 49.3 Å². The molecule has 0 bridgehead atoms. The van der Waals surface area contributed by atoms with Gasteiger partial charge in [-0.1, -0.05) is 70.5 Å². The predicted octanol–water partition coefficient (Wildman–Crippen LogP) is 4.67. The van der Waals surface area contributed by atoms with Gasteiger partial charge in [0.15, 0.2) is 0 Å². The number of amides is 1. The van der Waals surface area contributed by atoms with E-state index in [1.807, 2.05) is 43.3 Å². The van der Waals surface area contributed by atoms with E-state index >= 15 is 0 Å². The molecule has 0 saturated carbocycles. The molecule has 3 nitrogen and oxygen atoms in total. The summed E-state index contributed by atoms with van der Waals surface area (Å²) < 4.78 is 0. The number of carbonyl (C=O) groups excluding carboxylic acids is 1. The summed E-state index contributed by atoms with van der Waals surface area (Å²) in [6, 6.07) is 11.9. The fourth-order valence-corrected chi connectivity index (χ4v) is 3.09. The average molecular weight is 327 g/mol. The number of aromatic hydroxyl groups is 1. The van der Waals surface area contributed by atoms with Gasteiger partial charge < -0.3 is 10.4 Å². The molecule has 0 aliphatic rings. The molecule has 130 valence electrons. The van der Waals surface area contributed by atoms with Crippen LogP contribution in [0.2, 0.25) is 0 Å². The van der Waals surface area contributed by atoms with E-state index in [1.54, 1.807) is 0 Å². The summed E-state index contributed by atoms with van der Waals surface area (Å²) in [7, 11) is 0. The summed E-state index contributed by atoms with van der Waals surface area (Å²) in [6.45, 7) is 8.90. The monoisotopic (exact) mass is 327 g/mol. The second-order valence-electron chi connectivity index (χ2n) is 7.54. The number of rotatable bonds is 7. The SMILES string of the molecule is CCCC(C)C(=O)NCC(C)(C)Cc1ccc2ccccc2c1O. The Morgan fingerprint density at radius 1 is 1.21 bits per heavy atom. The molecular weight excluding hydrogens is 298 g/mol. The number of hydrogen-bond acceptors (Lipinski definition) is 2. The third kappa shape index (κ3) is 4.50. The van der Waals surface area contributed by atoms with Gasteiger partial charge in [-0.2, -0.15) is 0 Å². The highest BCUT2D eigenvalue weighted by molar-refractivity contribution is 5.89. The van der Waals surface area contributed by atoms with Crippen molar-refractivity contribution < 1.29 is 9.90 Å². The van der Waals surface area contributed by atoms with Crippen LogP contribution in [0.1, 0.15) is 46.1 Å². The van der Waals surface area contributed by atoms with Gasteiger partial charge in [-0.15, -0.1) is 0 Å². The van der Waals surface area contributed by atoms with Crippen molar-refractivity contribution in [2.75, 3.05) is 6.54 Å². The molecule has 0 saturated heterocycles. The zero-order valence-corrected chi connectivity index (χ0v) is 15.2. The van der Waals surface area contributed by atoms with Crippen LogP contribution in [0, 0.1) is 11.3 Å². The summed E-state index contributed by atoms with van der Waals surface area (Å²) >= 11 is 0. The van der Waals surface area contributed by atoms with Crippen molar-refractivity contribution in [3.63, 3.8) is 0 Å². The molecule has 1 unspecified atom stereocenters. The Morgan fingerprint density at radius 3 is 2.62 bits per heavy atom. The fourth-order valence-electron chi connectivity index (χ4n) is 3.09. The molecule has 3 heteroatoms. The summed E-state index contributed by atoms with van der Waals surface area (Å²) in [4.78, 5) is 12.1. The van der Waals surface area contributed by atoms with Gasteiger partial charge in [0.25, 0.3) is 0 Å². The number of fused-ring (bicyclic) bond motifs is 1. The van der Waals surface area contributed by atoms with Gasteiger partial charge >= 0.3 is 0 Å². The van der Waals surface area contributed by atoms with Crippen LogP contribution in [-0.4, -0.2) is 17.6 Å². The highest BCUT2D eigenvalue weighted by atomic mass is 16.3. The summed E-state index contributed by atoms with van der Waals surface area (Å²) in [5.41, 5.74) is 0.802. The number of phenols is 1. The van der Waals surface area contributed by atoms with Gasteiger partial charge in [-0.3, -0.25) is 4.79 Å². The van der Waals surface area contributed by atoms with E-state index in [0.29, 0.717) is 18.7 Å². The molecule has 0 radical (unpaired) electrons.